The fourth-order valence-corrected chi connectivity index (χ4v) is 7.73. The average molecular weight is 619 g/mol. The molecule has 0 unspecified atom stereocenters. The Morgan fingerprint density at radius 1 is 0.312 bits per heavy atom. The maximum Gasteiger partial charge on any atom is 0.233 e. The summed E-state index contributed by atoms with van der Waals surface area (Å²) in [6, 6.07) is 45.1. The monoisotopic (exact) mass is 618 g/mol. The number of benzene rings is 6. The van der Waals surface area contributed by atoms with Crippen LogP contribution in [0.3, 0.4) is 0 Å². The van der Waals surface area contributed by atoms with Crippen molar-refractivity contribution in [3.63, 3.8) is 0 Å². The number of hydrogen-bond acceptors (Lipinski definition) is 6. The summed E-state index contributed by atoms with van der Waals surface area (Å²) < 4.78 is 0. The van der Waals surface area contributed by atoms with E-state index in [1.165, 1.54) is 66.8 Å². The van der Waals surface area contributed by atoms with E-state index in [0.717, 1.165) is 36.3 Å². The van der Waals surface area contributed by atoms with Crippen molar-refractivity contribution in [3.05, 3.63) is 161 Å². The van der Waals surface area contributed by atoms with E-state index in [4.69, 9.17) is 15.0 Å². The van der Waals surface area contributed by atoms with Gasteiger partial charge in [0.25, 0.3) is 0 Å². The second-order valence-electron chi connectivity index (χ2n) is 12.7. The molecule has 48 heavy (non-hydrogen) atoms. The highest BCUT2D eigenvalue weighted by molar-refractivity contribution is 5.86. The van der Waals surface area contributed by atoms with Gasteiger partial charge in [0.1, 0.15) is 0 Å². The van der Waals surface area contributed by atoms with Crippen LogP contribution in [0.1, 0.15) is 33.4 Å². The van der Waals surface area contributed by atoms with Crippen molar-refractivity contribution in [1.82, 2.24) is 15.0 Å². The van der Waals surface area contributed by atoms with Crippen molar-refractivity contribution in [3.8, 4) is 33.4 Å². The molecule has 10 rings (SSSR count). The number of hydrogen-bond donors (Lipinski definition) is 3. The van der Waals surface area contributed by atoms with E-state index in [9.17, 15) is 0 Å². The Morgan fingerprint density at radius 2 is 0.604 bits per heavy atom. The van der Waals surface area contributed by atoms with E-state index >= 15 is 0 Å². The number of fused-ring (bicyclic) bond motifs is 9. The van der Waals surface area contributed by atoms with Crippen LogP contribution < -0.4 is 16.0 Å². The molecule has 0 atom stereocenters. The third kappa shape index (κ3) is 4.37. The smallest absolute Gasteiger partial charge is 0.233 e. The Kier molecular flexibility index (Phi) is 5.96. The van der Waals surface area contributed by atoms with Crippen LogP contribution in [0.15, 0.2) is 127 Å². The number of rotatable bonds is 6. The lowest BCUT2D eigenvalue weighted by Gasteiger charge is -2.16. The number of anilines is 6. The quantitative estimate of drug-likeness (QED) is 0.172. The molecule has 0 saturated heterocycles. The molecule has 0 bridgehead atoms. The van der Waals surface area contributed by atoms with Crippen LogP contribution in [-0.2, 0) is 19.3 Å². The SMILES string of the molecule is c1ccc2c(c1)Cc1c(Nc3nc(Nc4cccc5c4Cc4ccccc4-5)nc(Nc4cccc5c4Cc4ccccc4-5)n3)cccc1-2. The molecule has 0 fully saturated rings. The zero-order chi connectivity index (χ0) is 31.6. The summed E-state index contributed by atoms with van der Waals surface area (Å²) in [6.07, 6.45) is 2.59. The van der Waals surface area contributed by atoms with Gasteiger partial charge in [0.15, 0.2) is 0 Å². The molecule has 3 aliphatic carbocycles. The second kappa shape index (κ2) is 10.6. The minimum atomic E-state index is 0.478. The lowest BCUT2D eigenvalue weighted by molar-refractivity contribution is 1.06. The number of nitrogens with zero attached hydrogens (tertiary/aromatic N) is 3. The molecule has 0 amide bonds. The van der Waals surface area contributed by atoms with Gasteiger partial charge in [-0.25, -0.2) is 0 Å². The average Bonchev–Trinajstić information content (AvgIpc) is 3.81. The standard InChI is InChI=1S/C42H30N6/c1-4-13-28-25(10-1)22-34-31(28)16-7-19-37(34)43-40-46-41(44-38-20-8-17-32-29-14-5-2-11-26(29)23-35(32)38)48-42(47-40)45-39-21-9-18-33-30-15-6-3-12-27(30)24-36(33)39/h1-21H,22-24H2,(H3,43,44,45,46,47,48). The van der Waals surface area contributed by atoms with Crippen molar-refractivity contribution in [2.45, 2.75) is 19.3 Å². The number of nitrogens with one attached hydrogen (secondary N) is 3. The van der Waals surface area contributed by atoms with Gasteiger partial charge in [0.2, 0.25) is 17.8 Å². The first-order chi connectivity index (χ1) is 23.7. The first kappa shape index (κ1) is 26.9. The molecule has 6 nitrogen and oxygen atoms in total. The van der Waals surface area contributed by atoms with Crippen molar-refractivity contribution in [2.75, 3.05) is 16.0 Å². The molecule has 228 valence electrons. The van der Waals surface area contributed by atoms with Crippen LogP contribution in [-0.4, -0.2) is 15.0 Å². The largest absolute Gasteiger partial charge is 0.324 e. The van der Waals surface area contributed by atoms with Gasteiger partial charge >= 0.3 is 0 Å². The summed E-state index contributed by atoms with van der Waals surface area (Å²) in [5, 5.41) is 10.7. The van der Waals surface area contributed by atoms with E-state index in [2.05, 4.69) is 143 Å². The van der Waals surface area contributed by atoms with E-state index in [1.54, 1.807) is 0 Å². The van der Waals surface area contributed by atoms with Crippen LogP contribution in [0.2, 0.25) is 0 Å². The molecule has 3 aliphatic rings. The fourth-order valence-electron chi connectivity index (χ4n) is 7.73. The molecule has 6 heteroatoms. The Labute approximate surface area is 278 Å². The molecule has 0 aliphatic heterocycles. The highest BCUT2D eigenvalue weighted by atomic mass is 15.3. The highest BCUT2D eigenvalue weighted by Gasteiger charge is 2.24. The zero-order valence-electron chi connectivity index (χ0n) is 26.1. The van der Waals surface area contributed by atoms with Gasteiger partial charge in [-0.05, 0) is 85.0 Å². The maximum absolute atomic E-state index is 4.94. The van der Waals surface area contributed by atoms with Crippen LogP contribution in [0.4, 0.5) is 34.9 Å². The van der Waals surface area contributed by atoms with Crippen LogP contribution >= 0.6 is 0 Å². The van der Waals surface area contributed by atoms with Crippen LogP contribution in [0.25, 0.3) is 33.4 Å². The van der Waals surface area contributed by atoms with Gasteiger partial charge in [-0.2, -0.15) is 15.0 Å². The summed E-state index contributed by atoms with van der Waals surface area (Å²) in [6.45, 7) is 0. The Bertz CT molecular complexity index is 2150. The molecule has 0 spiro atoms. The predicted molar refractivity (Wildman–Crippen MR) is 194 cm³/mol. The third-order valence-corrected chi connectivity index (χ3v) is 9.93. The first-order valence-electron chi connectivity index (χ1n) is 16.4. The predicted octanol–water partition coefficient (Wildman–Crippen LogP) is 9.82. The Balaban J connectivity index is 1.04. The summed E-state index contributed by atoms with van der Waals surface area (Å²) >= 11 is 0. The summed E-state index contributed by atoms with van der Waals surface area (Å²) in [4.78, 5) is 14.8. The van der Waals surface area contributed by atoms with Crippen molar-refractivity contribution < 1.29 is 0 Å². The van der Waals surface area contributed by atoms with E-state index in [-0.39, 0.29) is 0 Å². The van der Waals surface area contributed by atoms with E-state index < -0.39 is 0 Å². The van der Waals surface area contributed by atoms with Gasteiger partial charge in [0.05, 0.1) is 0 Å². The van der Waals surface area contributed by atoms with Gasteiger partial charge in [-0.1, -0.05) is 109 Å². The normalized spacial score (nSPS) is 12.8. The molecular weight excluding hydrogens is 589 g/mol. The van der Waals surface area contributed by atoms with E-state index in [1.807, 2.05) is 0 Å². The van der Waals surface area contributed by atoms with Gasteiger partial charge in [-0.15, -0.1) is 0 Å². The van der Waals surface area contributed by atoms with E-state index in [0.29, 0.717) is 17.8 Å². The zero-order valence-corrected chi connectivity index (χ0v) is 26.1. The molecule has 0 radical (unpaired) electrons. The number of aromatic nitrogens is 3. The van der Waals surface area contributed by atoms with Gasteiger partial charge < -0.3 is 16.0 Å². The lowest BCUT2D eigenvalue weighted by atomic mass is 10.1. The van der Waals surface area contributed by atoms with Gasteiger partial charge in [-0.3, -0.25) is 0 Å². The summed E-state index contributed by atoms with van der Waals surface area (Å²) in [5.41, 5.74) is 18.4. The van der Waals surface area contributed by atoms with Crippen molar-refractivity contribution >= 4 is 34.9 Å². The lowest BCUT2D eigenvalue weighted by Crippen LogP contribution is -2.09. The Morgan fingerprint density at radius 3 is 0.938 bits per heavy atom. The van der Waals surface area contributed by atoms with Crippen LogP contribution in [0.5, 0.6) is 0 Å². The molecule has 1 heterocycles. The molecule has 3 N–H and O–H groups in total. The molecule has 6 aromatic carbocycles. The highest BCUT2D eigenvalue weighted by Crippen LogP contribution is 2.43. The maximum atomic E-state index is 4.94. The minimum absolute atomic E-state index is 0.478. The second-order valence-corrected chi connectivity index (χ2v) is 12.7. The van der Waals surface area contributed by atoms with Crippen molar-refractivity contribution in [2.24, 2.45) is 0 Å². The molecule has 7 aromatic rings. The molecular formula is C42H30N6. The molecule has 1 aromatic heterocycles. The minimum Gasteiger partial charge on any atom is -0.324 e. The topological polar surface area (TPSA) is 74.8 Å². The molecule has 0 saturated carbocycles. The fraction of sp³-hybridized carbons (Fsp3) is 0.0714. The third-order valence-electron chi connectivity index (χ3n) is 9.93. The first-order valence-corrected chi connectivity index (χ1v) is 16.4. The van der Waals surface area contributed by atoms with Crippen LogP contribution in [0, 0.1) is 0 Å². The van der Waals surface area contributed by atoms with Crippen molar-refractivity contribution in [1.29, 1.82) is 0 Å². The van der Waals surface area contributed by atoms with Gasteiger partial charge in [0, 0.05) is 36.3 Å². The summed E-state index contributed by atoms with van der Waals surface area (Å²) in [7, 11) is 0. The summed E-state index contributed by atoms with van der Waals surface area (Å²) in [5.74, 6) is 1.43. The Hall–Kier alpha value is -6.27.